The number of Topliss-reactive ketones (excluding diaryl/α,β-unsaturated/α-hetero) is 1. The van der Waals surface area contributed by atoms with Crippen molar-refractivity contribution in [3.8, 4) is 12.3 Å². The van der Waals surface area contributed by atoms with Gasteiger partial charge in [0.15, 0.2) is 5.78 Å². The Balaban J connectivity index is 1.94. The molecular weight excluding hydrogens is 308 g/mol. The summed E-state index contributed by atoms with van der Waals surface area (Å²) in [5.74, 6) is 2.42. The number of terminal acetylenes is 1. The van der Waals surface area contributed by atoms with E-state index in [1.165, 1.54) is 6.07 Å². The molecule has 0 spiro atoms. The first kappa shape index (κ1) is 18.1. The van der Waals surface area contributed by atoms with Crippen molar-refractivity contribution < 1.29 is 14.5 Å². The third kappa shape index (κ3) is 5.15. The first-order valence-corrected chi connectivity index (χ1v) is 8.16. The average molecular weight is 330 g/mol. The van der Waals surface area contributed by atoms with Gasteiger partial charge in [0.25, 0.3) is 5.69 Å². The second-order valence-corrected chi connectivity index (χ2v) is 5.79. The van der Waals surface area contributed by atoms with Gasteiger partial charge in [0.1, 0.15) is 0 Å². The third-order valence-corrected chi connectivity index (χ3v) is 4.12. The highest BCUT2D eigenvalue weighted by atomic mass is 16.6. The van der Waals surface area contributed by atoms with Crippen LogP contribution >= 0.6 is 0 Å². The second-order valence-electron chi connectivity index (χ2n) is 5.79. The van der Waals surface area contributed by atoms with Crippen molar-refractivity contribution in [2.24, 2.45) is 0 Å². The molecule has 0 atom stereocenters. The maximum absolute atomic E-state index is 12.3. The van der Waals surface area contributed by atoms with Crippen LogP contribution in [0.15, 0.2) is 18.2 Å². The van der Waals surface area contributed by atoms with Crippen LogP contribution in [0.1, 0.15) is 35.2 Å². The van der Waals surface area contributed by atoms with Crippen LogP contribution in [-0.2, 0) is 11.2 Å². The van der Waals surface area contributed by atoms with Crippen molar-refractivity contribution in [1.82, 2.24) is 4.90 Å². The third-order valence-electron chi connectivity index (χ3n) is 4.12. The summed E-state index contributed by atoms with van der Waals surface area (Å²) in [6.07, 6.45) is 7.22. The Bertz CT molecular complexity index is 630. The van der Waals surface area contributed by atoms with Gasteiger partial charge < -0.3 is 4.74 Å². The molecule has 1 aromatic carbocycles. The van der Waals surface area contributed by atoms with Crippen molar-refractivity contribution in [2.45, 2.75) is 25.7 Å². The van der Waals surface area contributed by atoms with Gasteiger partial charge in [-0.15, -0.1) is 12.3 Å². The Hall–Kier alpha value is -2.23. The summed E-state index contributed by atoms with van der Waals surface area (Å²) >= 11 is 0. The van der Waals surface area contributed by atoms with E-state index in [4.69, 9.17) is 11.2 Å². The number of hydrogen-bond donors (Lipinski definition) is 0. The molecule has 2 rings (SSSR count). The predicted molar refractivity (Wildman–Crippen MR) is 91.1 cm³/mol. The van der Waals surface area contributed by atoms with E-state index in [2.05, 4.69) is 10.8 Å². The quantitative estimate of drug-likeness (QED) is 0.317. The Labute approximate surface area is 141 Å². The van der Waals surface area contributed by atoms with E-state index in [1.54, 1.807) is 12.1 Å². The van der Waals surface area contributed by atoms with Crippen molar-refractivity contribution in [3.63, 3.8) is 0 Å². The molecule has 1 aliphatic rings. The highest BCUT2D eigenvalue weighted by molar-refractivity contribution is 5.96. The lowest BCUT2D eigenvalue weighted by atomic mass is 10.0. The lowest BCUT2D eigenvalue weighted by Crippen LogP contribution is -2.36. The lowest BCUT2D eigenvalue weighted by molar-refractivity contribution is -0.385. The molecule has 128 valence electrons. The normalized spacial score (nSPS) is 15.0. The highest BCUT2D eigenvalue weighted by Gasteiger charge is 2.17. The summed E-state index contributed by atoms with van der Waals surface area (Å²) in [7, 11) is 0. The van der Waals surface area contributed by atoms with Gasteiger partial charge in [-0.2, -0.15) is 0 Å². The van der Waals surface area contributed by atoms with Gasteiger partial charge >= 0.3 is 0 Å². The van der Waals surface area contributed by atoms with E-state index < -0.39 is 4.92 Å². The summed E-state index contributed by atoms with van der Waals surface area (Å²) in [6, 6.07) is 4.68. The van der Waals surface area contributed by atoms with Crippen LogP contribution in [0.5, 0.6) is 0 Å². The smallest absolute Gasteiger partial charge is 0.273 e. The first-order valence-electron chi connectivity index (χ1n) is 8.16. The molecule has 0 saturated carbocycles. The molecule has 6 nitrogen and oxygen atoms in total. The maximum atomic E-state index is 12.3. The standard InChI is InChI=1S/C18H22N2O4/c1-2-3-5-15-7-8-16(14-17(15)20(22)23)18(21)6-4-9-19-10-12-24-13-11-19/h1,7-8,14H,3-6,9-13H2. The molecule has 0 radical (unpaired) electrons. The SMILES string of the molecule is C#CCCc1ccc(C(=O)CCCN2CCOCC2)cc1[N+](=O)[O-]. The molecule has 1 saturated heterocycles. The van der Waals surface area contributed by atoms with Gasteiger partial charge in [0.2, 0.25) is 0 Å². The number of carbonyl (C=O) groups excluding carboxylic acids is 1. The molecule has 1 fully saturated rings. The van der Waals surface area contributed by atoms with Crippen LogP contribution in [-0.4, -0.2) is 48.5 Å². The van der Waals surface area contributed by atoms with Crippen LogP contribution in [0.3, 0.4) is 0 Å². The number of ether oxygens (including phenoxy) is 1. The van der Waals surface area contributed by atoms with E-state index in [1.807, 2.05) is 0 Å². The van der Waals surface area contributed by atoms with Gasteiger partial charge in [-0.3, -0.25) is 19.8 Å². The van der Waals surface area contributed by atoms with E-state index in [-0.39, 0.29) is 11.5 Å². The molecule has 0 unspecified atom stereocenters. The van der Waals surface area contributed by atoms with Gasteiger partial charge in [-0.1, -0.05) is 12.1 Å². The number of aryl methyl sites for hydroxylation is 1. The van der Waals surface area contributed by atoms with Crippen molar-refractivity contribution in [2.75, 3.05) is 32.8 Å². The number of hydrogen-bond acceptors (Lipinski definition) is 5. The maximum Gasteiger partial charge on any atom is 0.273 e. The van der Waals surface area contributed by atoms with Crippen LogP contribution in [0, 0.1) is 22.5 Å². The topological polar surface area (TPSA) is 72.7 Å². The fourth-order valence-corrected chi connectivity index (χ4v) is 2.76. The average Bonchev–Trinajstić information content (AvgIpc) is 2.60. The summed E-state index contributed by atoms with van der Waals surface area (Å²) in [6.45, 7) is 4.10. The fourth-order valence-electron chi connectivity index (χ4n) is 2.76. The Kier molecular flexibility index (Phi) is 6.91. The van der Waals surface area contributed by atoms with Crippen LogP contribution in [0.4, 0.5) is 5.69 Å². The van der Waals surface area contributed by atoms with Crippen LogP contribution < -0.4 is 0 Å². The zero-order valence-corrected chi connectivity index (χ0v) is 13.7. The molecule has 0 aliphatic carbocycles. The minimum absolute atomic E-state index is 0.0238. The molecule has 0 aromatic heterocycles. The van der Waals surface area contributed by atoms with Crippen molar-refractivity contribution in [3.05, 3.63) is 39.4 Å². The highest BCUT2D eigenvalue weighted by Crippen LogP contribution is 2.23. The Morgan fingerprint density at radius 1 is 1.38 bits per heavy atom. The summed E-state index contributed by atoms with van der Waals surface area (Å²) in [4.78, 5) is 25.3. The van der Waals surface area contributed by atoms with E-state index in [0.29, 0.717) is 30.4 Å². The number of morpholine rings is 1. The number of ketones is 1. The molecule has 6 heteroatoms. The minimum Gasteiger partial charge on any atom is -0.379 e. The molecule has 1 aromatic rings. The number of nitro groups is 1. The molecule has 0 bridgehead atoms. The van der Waals surface area contributed by atoms with E-state index in [9.17, 15) is 14.9 Å². The van der Waals surface area contributed by atoms with Crippen LogP contribution in [0.25, 0.3) is 0 Å². The number of nitrogens with zero attached hydrogens (tertiary/aromatic N) is 2. The molecule has 0 amide bonds. The van der Waals surface area contributed by atoms with E-state index in [0.717, 1.165) is 39.3 Å². The Morgan fingerprint density at radius 2 is 2.12 bits per heavy atom. The lowest BCUT2D eigenvalue weighted by Gasteiger charge is -2.26. The molecule has 1 aliphatic heterocycles. The molecule has 24 heavy (non-hydrogen) atoms. The van der Waals surface area contributed by atoms with Crippen molar-refractivity contribution >= 4 is 11.5 Å². The fraction of sp³-hybridized carbons (Fsp3) is 0.500. The Morgan fingerprint density at radius 3 is 2.79 bits per heavy atom. The monoisotopic (exact) mass is 330 g/mol. The molecule has 0 N–H and O–H groups in total. The number of nitro benzene ring substituents is 1. The van der Waals surface area contributed by atoms with Gasteiger partial charge in [-0.25, -0.2) is 0 Å². The van der Waals surface area contributed by atoms with Crippen LogP contribution in [0.2, 0.25) is 0 Å². The van der Waals surface area contributed by atoms with Gasteiger partial charge in [0, 0.05) is 43.1 Å². The summed E-state index contributed by atoms with van der Waals surface area (Å²) in [5, 5.41) is 11.2. The van der Waals surface area contributed by atoms with Crippen molar-refractivity contribution in [1.29, 1.82) is 0 Å². The van der Waals surface area contributed by atoms with Gasteiger partial charge in [0.05, 0.1) is 18.1 Å². The zero-order valence-electron chi connectivity index (χ0n) is 13.7. The number of carbonyl (C=O) groups is 1. The summed E-state index contributed by atoms with van der Waals surface area (Å²) < 4.78 is 5.29. The zero-order chi connectivity index (χ0) is 17.4. The van der Waals surface area contributed by atoms with Gasteiger partial charge in [-0.05, 0) is 19.4 Å². The molecular formula is C18H22N2O4. The predicted octanol–water partition coefficient (Wildman–Crippen LogP) is 2.46. The summed E-state index contributed by atoms with van der Waals surface area (Å²) in [5.41, 5.74) is 0.945. The second kappa shape index (κ2) is 9.16. The first-order chi connectivity index (χ1) is 11.6. The van der Waals surface area contributed by atoms with E-state index >= 15 is 0 Å². The number of benzene rings is 1. The molecule has 1 heterocycles. The number of rotatable bonds is 8. The minimum atomic E-state index is -0.448. The largest absolute Gasteiger partial charge is 0.379 e.